The summed E-state index contributed by atoms with van der Waals surface area (Å²) in [5.41, 5.74) is 0. The molecule has 0 aliphatic rings. The van der Waals surface area contributed by atoms with Crippen LogP contribution in [0.15, 0.2) is 0 Å². The average molecular weight is 241 g/mol. The maximum absolute atomic E-state index is 2.48. The zero-order chi connectivity index (χ0) is 13.1. The van der Waals surface area contributed by atoms with E-state index in [4.69, 9.17) is 0 Å². The van der Waals surface area contributed by atoms with Crippen molar-refractivity contribution >= 4 is 0 Å². The Morgan fingerprint density at radius 2 is 1.47 bits per heavy atom. The van der Waals surface area contributed by atoms with Crippen molar-refractivity contribution < 1.29 is 0 Å². The Hall–Kier alpha value is -0.0400. The van der Waals surface area contributed by atoms with Gasteiger partial charge in [-0.15, -0.1) is 0 Å². The molecule has 17 heavy (non-hydrogen) atoms. The van der Waals surface area contributed by atoms with Gasteiger partial charge in [-0.25, -0.2) is 0 Å². The molecule has 0 aliphatic carbocycles. The quantitative estimate of drug-likeness (QED) is 0.462. The maximum Gasteiger partial charge on any atom is 0.000133 e. The van der Waals surface area contributed by atoms with Gasteiger partial charge in [-0.1, -0.05) is 66.2 Å². The number of unbranched alkanes of at least 4 members (excludes halogenated alkanes) is 3. The molecule has 0 fully saturated rings. The summed E-state index contributed by atoms with van der Waals surface area (Å²) >= 11 is 0. The lowest BCUT2D eigenvalue weighted by Gasteiger charge is -2.19. The minimum atomic E-state index is 0.799. The first-order valence-electron chi connectivity index (χ1n) is 7.74. The second kappa shape index (κ2) is 11.1. The Morgan fingerprint density at radius 3 is 2.00 bits per heavy atom. The van der Waals surface area contributed by atoms with Crippen LogP contribution in [0, 0.1) is 11.8 Å². The van der Waals surface area contributed by atoms with Gasteiger partial charge in [0.05, 0.1) is 0 Å². The third kappa shape index (κ3) is 12.2. The Labute approximate surface area is 110 Å². The summed E-state index contributed by atoms with van der Waals surface area (Å²) < 4.78 is 0. The van der Waals surface area contributed by atoms with E-state index in [9.17, 15) is 0 Å². The van der Waals surface area contributed by atoms with E-state index in [0.717, 1.165) is 11.8 Å². The van der Waals surface area contributed by atoms with Crippen molar-refractivity contribution in [3.05, 3.63) is 0 Å². The van der Waals surface area contributed by atoms with Crippen molar-refractivity contribution in [3.8, 4) is 0 Å². The van der Waals surface area contributed by atoms with Crippen LogP contribution in [0.5, 0.6) is 0 Å². The van der Waals surface area contributed by atoms with E-state index < -0.39 is 0 Å². The molecule has 0 aliphatic heterocycles. The van der Waals surface area contributed by atoms with Gasteiger partial charge in [-0.2, -0.15) is 0 Å². The highest BCUT2D eigenvalue weighted by atomic mass is 15.1. The van der Waals surface area contributed by atoms with E-state index in [1.54, 1.807) is 0 Å². The predicted molar refractivity (Wildman–Crippen MR) is 79.5 cm³/mol. The molecule has 0 aromatic heterocycles. The first-order valence-corrected chi connectivity index (χ1v) is 7.74. The first kappa shape index (κ1) is 17.0. The van der Waals surface area contributed by atoms with Crippen LogP contribution in [-0.4, -0.2) is 25.0 Å². The smallest absolute Gasteiger partial charge is 0.000133 e. The SMILES string of the molecule is CCCCCC(C)CCCCN(C)CC(C)C. The topological polar surface area (TPSA) is 3.24 Å². The lowest BCUT2D eigenvalue weighted by Crippen LogP contribution is -2.24. The van der Waals surface area contributed by atoms with Gasteiger partial charge in [-0.05, 0) is 31.8 Å². The van der Waals surface area contributed by atoms with E-state index in [1.807, 2.05) is 0 Å². The lowest BCUT2D eigenvalue weighted by molar-refractivity contribution is 0.285. The van der Waals surface area contributed by atoms with E-state index in [2.05, 4.69) is 39.6 Å². The number of hydrogen-bond acceptors (Lipinski definition) is 1. The standard InChI is InChI=1S/C16H35N/c1-6-7-8-11-16(4)12-9-10-13-17(5)14-15(2)3/h15-16H,6-14H2,1-5H3. The molecule has 0 spiro atoms. The van der Waals surface area contributed by atoms with Crippen LogP contribution in [0.4, 0.5) is 0 Å². The average Bonchev–Trinajstić information content (AvgIpc) is 2.24. The molecule has 0 rings (SSSR count). The summed E-state index contributed by atoms with van der Waals surface area (Å²) in [5.74, 6) is 1.74. The van der Waals surface area contributed by atoms with Crippen LogP contribution in [0.2, 0.25) is 0 Å². The fourth-order valence-corrected chi connectivity index (χ4v) is 2.48. The number of hydrogen-bond donors (Lipinski definition) is 0. The fraction of sp³-hybridized carbons (Fsp3) is 1.00. The summed E-state index contributed by atoms with van der Waals surface area (Å²) in [6, 6.07) is 0. The van der Waals surface area contributed by atoms with Crippen molar-refractivity contribution in [2.45, 2.75) is 72.6 Å². The molecule has 1 unspecified atom stereocenters. The van der Waals surface area contributed by atoms with Gasteiger partial charge in [0, 0.05) is 6.54 Å². The van der Waals surface area contributed by atoms with Gasteiger partial charge in [-0.3, -0.25) is 0 Å². The lowest BCUT2D eigenvalue weighted by atomic mass is 9.97. The Kier molecular flexibility index (Phi) is 11.0. The van der Waals surface area contributed by atoms with Crippen molar-refractivity contribution in [2.24, 2.45) is 11.8 Å². The predicted octanol–water partition coefficient (Wildman–Crippen LogP) is 4.96. The van der Waals surface area contributed by atoms with Crippen LogP contribution >= 0.6 is 0 Å². The molecule has 0 radical (unpaired) electrons. The molecule has 0 bridgehead atoms. The van der Waals surface area contributed by atoms with Crippen LogP contribution in [-0.2, 0) is 0 Å². The molecule has 0 N–H and O–H groups in total. The number of rotatable bonds is 11. The summed E-state index contributed by atoms with van der Waals surface area (Å²) in [6.45, 7) is 11.8. The molecule has 1 nitrogen and oxygen atoms in total. The largest absolute Gasteiger partial charge is 0.306 e. The van der Waals surface area contributed by atoms with Crippen LogP contribution < -0.4 is 0 Å². The van der Waals surface area contributed by atoms with E-state index in [0.29, 0.717) is 0 Å². The molecule has 1 heteroatoms. The molecule has 0 saturated heterocycles. The van der Waals surface area contributed by atoms with Crippen molar-refractivity contribution in [3.63, 3.8) is 0 Å². The minimum Gasteiger partial charge on any atom is -0.306 e. The van der Waals surface area contributed by atoms with Gasteiger partial charge >= 0.3 is 0 Å². The van der Waals surface area contributed by atoms with Gasteiger partial charge in [0.2, 0.25) is 0 Å². The summed E-state index contributed by atoms with van der Waals surface area (Å²) in [5, 5.41) is 0. The van der Waals surface area contributed by atoms with Crippen molar-refractivity contribution in [2.75, 3.05) is 20.1 Å². The Bertz CT molecular complexity index is 154. The highest BCUT2D eigenvalue weighted by Gasteiger charge is 2.04. The molecule has 1 atom stereocenters. The molecular weight excluding hydrogens is 206 g/mol. The van der Waals surface area contributed by atoms with Crippen LogP contribution in [0.1, 0.15) is 72.6 Å². The Balaban J connectivity index is 3.31. The Morgan fingerprint density at radius 1 is 0.882 bits per heavy atom. The fourth-order valence-electron chi connectivity index (χ4n) is 2.48. The molecule has 0 aromatic carbocycles. The number of nitrogens with zero attached hydrogens (tertiary/aromatic N) is 1. The maximum atomic E-state index is 2.48. The monoisotopic (exact) mass is 241 g/mol. The third-order valence-corrected chi connectivity index (χ3v) is 3.46. The van der Waals surface area contributed by atoms with Gasteiger partial charge in [0.15, 0.2) is 0 Å². The van der Waals surface area contributed by atoms with Gasteiger partial charge < -0.3 is 4.90 Å². The first-order chi connectivity index (χ1) is 8.06. The highest BCUT2D eigenvalue weighted by Crippen LogP contribution is 2.16. The highest BCUT2D eigenvalue weighted by molar-refractivity contribution is 4.58. The molecule has 0 saturated carbocycles. The van der Waals surface area contributed by atoms with E-state index in [-0.39, 0.29) is 0 Å². The van der Waals surface area contributed by atoms with E-state index in [1.165, 1.54) is 58.0 Å². The molecule has 0 aromatic rings. The third-order valence-electron chi connectivity index (χ3n) is 3.46. The molecule has 0 heterocycles. The van der Waals surface area contributed by atoms with Crippen molar-refractivity contribution in [1.82, 2.24) is 4.90 Å². The van der Waals surface area contributed by atoms with Gasteiger partial charge in [0.25, 0.3) is 0 Å². The minimum absolute atomic E-state index is 0.799. The summed E-state index contributed by atoms with van der Waals surface area (Å²) in [4.78, 5) is 2.48. The summed E-state index contributed by atoms with van der Waals surface area (Å²) in [7, 11) is 2.25. The molecule has 0 amide bonds. The second-order valence-electron chi connectivity index (χ2n) is 6.25. The molecular formula is C16H35N. The summed E-state index contributed by atoms with van der Waals surface area (Å²) in [6.07, 6.45) is 9.87. The van der Waals surface area contributed by atoms with E-state index >= 15 is 0 Å². The van der Waals surface area contributed by atoms with Crippen LogP contribution in [0.3, 0.4) is 0 Å². The van der Waals surface area contributed by atoms with Gasteiger partial charge in [0.1, 0.15) is 0 Å². The normalized spacial score (nSPS) is 13.6. The zero-order valence-corrected chi connectivity index (χ0v) is 13.0. The second-order valence-corrected chi connectivity index (χ2v) is 6.25. The van der Waals surface area contributed by atoms with Crippen LogP contribution in [0.25, 0.3) is 0 Å². The zero-order valence-electron chi connectivity index (χ0n) is 13.0. The molecule has 104 valence electrons. The van der Waals surface area contributed by atoms with Crippen molar-refractivity contribution in [1.29, 1.82) is 0 Å².